The number of rotatable bonds is 2. The van der Waals surface area contributed by atoms with Crippen LogP contribution in [0.25, 0.3) is 0 Å². The highest BCUT2D eigenvalue weighted by Crippen LogP contribution is 2.35. The van der Waals surface area contributed by atoms with E-state index in [0.29, 0.717) is 22.7 Å². The Morgan fingerprint density at radius 3 is 2.95 bits per heavy atom. The van der Waals surface area contributed by atoms with Gasteiger partial charge in [0.05, 0.1) is 18.8 Å². The highest BCUT2D eigenvalue weighted by molar-refractivity contribution is 6.30. The number of amides is 1. The monoisotopic (exact) mass is 286 g/mol. The first kappa shape index (κ1) is 12.7. The van der Waals surface area contributed by atoms with E-state index in [4.69, 9.17) is 11.6 Å². The number of aromatic nitrogens is 2. The molecule has 0 radical (unpaired) electrons. The van der Waals surface area contributed by atoms with Crippen LogP contribution in [-0.4, -0.2) is 20.6 Å². The van der Waals surface area contributed by atoms with Crippen molar-refractivity contribution >= 4 is 17.5 Å². The standard InChI is InChI=1S/C14H11ClN4O/c1-18-7-9(6-17-18)8-19-13(5-16)12-4-10(15)2-3-11(12)14(19)20/h2-4,6-7,13H,8H2,1H3. The van der Waals surface area contributed by atoms with Crippen molar-refractivity contribution in [2.75, 3.05) is 0 Å². The summed E-state index contributed by atoms with van der Waals surface area (Å²) in [4.78, 5) is 13.9. The highest BCUT2D eigenvalue weighted by atomic mass is 35.5. The molecule has 0 fully saturated rings. The Hall–Kier alpha value is -2.32. The zero-order valence-corrected chi connectivity index (χ0v) is 11.5. The number of hydrogen-bond acceptors (Lipinski definition) is 3. The van der Waals surface area contributed by atoms with E-state index in [1.165, 1.54) is 4.90 Å². The van der Waals surface area contributed by atoms with Crippen LogP contribution in [0, 0.1) is 11.3 Å². The van der Waals surface area contributed by atoms with Crippen molar-refractivity contribution in [3.05, 3.63) is 52.3 Å². The SMILES string of the molecule is Cn1cc(CN2C(=O)c3ccc(Cl)cc3C2C#N)cn1. The van der Waals surface area contributed by atoms with E-state index in [2.05, 4.69) is 11.2 Å². The smallest absolute Gasteiger partial charge is 0.255 e. The summed E-state index contributed by atoms with van der Waals surface area (Å²) in [5.74, 6) is -0.146. The Morgan fingerprint density at radius 1 is 1.50 bits per heavy atom. The number of carbonyl (C=O) groups is 1. The zero-order chi connectivity index (χ0) is 14.3. The van der Waals surface area contributed by atoms with Crippen molar-refractivity contribution in [1.82, 2.24) is 14.7 Å². The lowest BCUT2D eigenvalue weighted by molar-refractivity contribution is 0.0744. The van der Waals surface area contributed by atoms with Crippen molar-refractivity contribution in [1.29, 1.82) is 5.26 Å². The molecule has 1 aliphatic rings. The minimum atomic E-state index is -0.601. The molecular weight excluding hydrogens is 276 g/mol. The molecule has 100 valence electrons. The predicted molar refractivity (Wildman–Crippen MR) is 72.9 cm³/mol. The van der Waals surface area contributed by atoms with Gasteiger partial charge in [-0.1, -0.05) is 11.6 Å². The van der Waals surface area contributed by atoms with Crippen molar-refractivity contribution < 1.29 is 4.79 Å². The maximum Gasteiger partial charge on any atom is 0.255 e. The predicted octanol–water partition coefficient (Wildman–Crippen LogP) is 2.29. The lowest BCUT2D eigenvalue weighted by atomic mass is 10.1. The maximum absolute atomic E-state index is 12.4. The number of halogens is 1. The topological polar surface area (TPSA) is 61.9 Å². The van der Waals surface area contributed by atoms with Gasteiger partial charge < -0.3 is 4.90 Å². The van der Waals surface area contributed by atoms with Gasteiger partial charge in [0, 0.05) is 35.0 Å². The number of nitriles is 1. The molecule has 0 N–H and O–H groups in total. The zero-order valence-electron chi connectivity index (χ0n) is 10.7. The first-order chi connectivity index (χ1) is 9.60. The van der Waals surface area contributed by atoms with E-state index in [-0.39, 0.29) is 5.91 Å². The third kappa shape index (κ3) is 1.95. The lowest BCUT2D eigenvalue weighted by Gasteiger charge is -2.19. The maximum atomic E-state index is 12.4. The van der Waals surface area contributed by atoms with E-state index in [9.17, 15) is 10.1 Å². The van der Waals surface area contributed by atoms with Crippen LogP contribution in [0.15, 0.2) is 30.6 Å². The fraction of sp³-hybridized carbons (Fsp3) is 0.214. The van der Waals surface area contributed by atoms with E-state index in [0.717, 1.165) is 5.56 Å². The third-order valence-corrected chi connectivity index (χ3v) is 3.58. The fourth-order valence-corrected chi connectivity index (χ4v) is 2.63. The molecule has 1 unspecified atom stereocenters. The lowest BCUT2D eigenvalue weighted by Crippen LogP contribution is -2.26. The molecule has 1 aromatic carbocycles. The molecule has 1 aromatic heterocycles. The van der Waals surface area contributed by atoms with Gasteiger partial charge in [0.1, 0.15) is 6.04 Å². The van der Waals surface area contributed by atoms with Gasteiger partial charge in [0.2, 0.25) is 0 Å². The number of aryl methyl sites for hydroxylation is 1. The third-order valence-electron chi connectivity index (χ3n) is 3.34. The first-order valence-electron chi connectivity index (χ1n) is 6.07. The van der Waals surface area contributed by atoms with Gasteiger partial charge in [-0.15, -0.1) is 0 Å². The fourth-order valence-electron chi connectivity index (χ4n) is 2.45. The van der Waals surface area contributed by atoms with Crippen LogP contribution >= 0.6 is 11.6 Å². The number of benzene rings is 1. The minimum Gasteiger partial charge on any atom is -0.314 e. The molecule has 0 bridgehead atoms. The van der Waals surface area contributed by atoms with Crippen LogP contribution in [0.1, 0.15) is 27.5 Å². The molecule has 20 heavy (non-hydrogen) atoms. The van der Waals surface area contributed by atoms with Crippen LogP contribution in [0.3, 0.4) is 0 Å². The summed E-state index contributed by atoms with van der Waals surface area (Å²) in [6.07, 6.45) is 3.52. The number of nitrogens with zero attached hydrogens (tertiary/aromatic N) is 4. The molecule has 2 aromatic rings. The summed E-state index contributed by atoms with van der Waals surface area (Å²) in [5.41, 5.74) is 2.11. The van der Waals surface area contributed by atoms with E-state index in [1.54, 1.807) is 29.1 Å². The van der Waals surface area contributed by atoms with Gasteiger partial charge in [-0.05, 0) is 18.2 Å². The molecule has 0 saturated heterocycles. The summed E-state index contributed by atoms with van der Waals surface area (Å²) in [6.45, 7) is 0.358. The molecule has 0 spiro atoms. The number of fused-ring (bicyclic) bond motifs is 1. The van der Waals surface area contributed by atoms with Crippen molar-refractivity contribution in [3.63, 3.8) is 0 Å². The molecular formula is C14H11ClN4O. The molecule has 0 saturated carbocycles. The second-order valence-corrected chi connectivity index (χ2v) is 5.15. The first-order valence-corrected chi connectivity index (χ1v) is 6.45. The van der Waals surface area contributed by atoms with Gasteiger partial charge in [-0.2, -0.15) is 10.4 Å². The van der Waals surface area contributed by atoms with Crippen molar-refractivity contribution in [2.45, 2.75) is 12.6 Å². The van der Waals surface area contributed by atoms with Gasteiger partial charge in [-0.3, -0.25) is 9.48 Å². The largest absolute Gasteiger partial charge is 0.314 e. The van der Waals surface area contributed by atoms with E-state index < -0.39 is 6.04 Å². The average molecular weight is 287 g/mol. The van der Waals surface area contributed by atoms with E-state index >= 15 is 0 Å². The van der Waals surface area contributed by atoms with Crippen LogP contribution in [0.5, 0.6) is 0 Å². The highest BCUT2D eigenvalue weighted by Gasteiger charge is 2.36. The second-order valence-electron chi connectivity index (χ2n) is 4.72. The molecule has 3 rings (SSSR count). The average Bonchev–Trinajstić information content (AvgIpc) is 2.93. The van der Waals surface area contributed by atoms with Gasteiger partial charge in [0.15, 0.2) is 0 Å². The van der Waals surface area contributed by atoms with Gasteiger partial charge in [0.25, 0.3) is 5.91 Å². The second kappa shape index (κ2) is 4.66. The normalized spacial score (nSPS) is 17.1. The molecule has 5 nitrogen and oxygen atoms in total. The van der Waals surface area contributed by atoms with Gasteiger partial charge in [-0.25, -0.2) is 0 Å². The summed E-state index contributed by atoms with van der Waals surface area (Å²) < 4.78 is 1.67. The van der Waals surface area contributed by atoms with Crippen LogP contribution in [-0.2, 0) is 13.6 Å². The Morgan fingerprint density at radius 2 is 2.30 bits per heavy atom. The van der Waals surface area contributed by atoms with Crippen molar-refractivity contribution in [2.24, 2.45) is 7.05 Å². The van der Waals surface area contributed by atoms with Crippen LogP contribution < -0.4 is 0 Å². The van der Waals surface area contributed by atoms with Crippen LogP contribution in [0.2, 0.25) is 5.02 Å². The number of carbonyl (C=O) groups excluding carboxylic acids is 1. The van der Waals surface area contributed by atoms with Crippen molar-refractivity contribution in [3.8, 4) is 6.07 Å². The Bertz CT molecular complexity index is 731. The number of hydrogen-bond donors (Lipinski definition) is 0. The minimum absolute atomic E-state index is 0.146. The van der Waals surface area contributed by atoms with E-state index in [1.807, 2.05) is 13.2 Å². The Labute approximate surface area is 121 Å². The quantitative estimate of drug-likeness (QED) is 0.851. The summed E-state index contributed by atoms with van der Waals surface area (Å²) >= 11 is 5.95. The molecule has 2 heterocycles. The molecule has 1 atom stereocenters. The van der Waals surface area contributed by atoms with Crippen LogP contribution in [0.4, 0.5) is 0 Å². The Kier molecular flexibility index (Phi) is 2.96. The van der Waals surface area contributed by atoms with Gasteiger partial charge >= 0.3 is 0 Å². The molecule has 6 heteroatoms. The summed E-state index contributed by atoms with van der Waals surface area (Å²) in [7, 11) is 1.81. The molecule has 1 amide bonds. The molecule has 1 aliphatic heterocycles. The summed E-state index contributed by atoms with van der Waals surface area (Å²) in [6, 6.07) is 6.60. The Balaban J connectivity index is 1.97. The summed E-state index contributed by atoms with van der Waals surface area (Å²) in [5, 5.41) is 14.0. The molecule has 0 aliphatic carbocycles.